The van der Waals surface area contributed by atoms with Crippen LogP contribution in [-0.4, -0.2) is 4.57 Å². The lowest BCUT2D eigenvalue weighted by Gasteiger charge is -2.03. The highest BCUT2D eigenvalue weighted by molar-refractivity contribution is 5.33. The van der Waals surface area contributed by atoms with Gasteiger partial charge in [-0.15, -0.1) is 6.58 Å². The Morgan fingerprint density at radius 1 is 1.77 bits per heavy atom. The molecule has 0 saturated carbocycles. The number of hydrogen-bond acceptors (Lipinski definition) is 2. The van der Waals surface area contributed by atoms with Crippen LogP contribution in [0.4, 0.5) is 0 Å². The fourth-order valence-electron chi connectivity index (χ4n) is 1.08. The number of pyridine rings is 1. The van der Waals surface area contributed by atoms with E-state index in [4.69, 9.17) is 5.26 Å². The van der Waals surface area contributed by atoms with Gasteiger partial charge in [-0.25, -0.2) is 0 Å². The first-order valence-electron chi connectivity index (χ1n) is 3.91. The predicted octanol–water partition coefficient (Wildman–Crippen LogP) is 1.21. The normalized spacial score (nSPS) is 9.23. The molecule has 0 unspecified atom stereocenters. The van der Waals surface area contributed by atoms with Crippen LogP contribution in [0.15, 0.2) is 29.7 Å². The lowest BCUT2D eigenvalue weighted by Crippen LogP contribution is -2.22. The summed E-state index contributed by atoms with van der Waals surface area (Å²) in [6.45, 7) is 5.72. The second kappa shape index (κ2) is 3.72. The minimum absolute atomic E-state index is 0.212. The van der Waals surface area contributed by atoms with Gasteiger partial charge < -0.3 is 4.57 Å². The van der Waals surface area contributed by atoms with Crippen LogP contribution in [0.1, 0.15) is 11.1 Å². The molecular formula is C10H10N2O. The number of nitriles is 1. The zero-order valence-electron chi connectivity index (χ0n) is 7.45. The Labute approximate surface area is 76.6 Å². The third-order valence-electron chi connectivity index (χ3n) is 1.81. The second-order valence-electron chi connectivity index (χ2n) is 2.73. The van der Waals surface area contributed by atoms with E-state index in [1.54, 1.807) is 25.3 Å². The highest BCUT2D eigenvalue weighted by Crippen LogP contribution is 1.99. The van der Waals surface area contributed by atoms with Gasteiger partial charge in [0, 0.05) is 12.7 Å². The van der Waals surface area contributed by atoms with Crippen LogP contribution < -0.4 is 5.56 Å². The van der Waals surface area contributed by atoms with E-state index in [0.717, 1.165) is 0 Å². The molecule has 0 amide bonds. The summed E-state index contributed by atoms with van der Waals surface area (Å²) in [6.07, 6.45) is 3.29. The van der Waals surface area contributed by atoms with Crippen LogP contribution >= 0.6 is 0 Å². The highest BCUT2D eigenvalue weighted by atomic mass is 16.1. The van der Waals surface area contributed by atoms with Gasteiger partial charge in [0.25, 0.3) is 5.56 Å². The number of rotatable bonds is 2. The van der Waals surface area contributed by atoms with Gasteiger partial charge >= 0.3 is 0 Å². The summed E-state index contributed by atoms with van der Waals surface area (Å²) in [7, 11) is 0. The molecule has 0 radical (unpaired) electrons. The molecule has 0 saturated heterocycles. The molecule has 1 heterocycles. The zero-order valence-corrected chi connectivity index (χ0v) is 7.45. The molecule has 1 aromatic heterocycles. The van der Waals surface area contributed by atoms with E-state index < -0.39 is 0 Å². The van der Waals surface area contributed by atoms with Crippen molar-refractivity contribution in [3.05, 3.63) is 46.4 Å². The molecule has 0 bridgehead atoms. The summed E-state index contributed by atoms with van der Waals surface area (Å²) in [5.41, 5.74) is 0.680. The molecule has 0 fully saturated rings. The van der Waals surface area contributed by atoms with Crippen LogP contribution in [0.3, 0.4) is 0 Å². The Balaban J connectivity index is 3.38. The summed E-state index contributed by atoms with van der Waals surface area (Å²) in [6, 6.07) is 3.65. The molecule has 3 nitrogen and oxygen atoms in total. The van der Waals surface area contributed by atoms with Crippen molar-refractivity contribution in [3.63, 3.8) is 0 Å². The number of allylic oxidation sites excluding steroid dienone is 1. The van der Waals surface area contributed by atoms with Crippen LogP contribution in [0.25, 0.3) is 0 Å². The average Bonchev–Trinajstić information content (AvgIpc) is 2.11. The largest absolute Gasteiger partial charge is 0.311 e. The molecule has 13 heavy (non-hydrogen) atoms. The first kappa shape index (κ1) is 9.27. The number of aromatic nitrogens is 1. The first-order valence-corrected chi connectivity index (χ1v) is 3.91. The molecule has 0 atom stereocenters. The number of aryl methyl sites for hydroxylation is 1. The van der Waals surface area contributed by atoms with Crippen LogP contribution in [0.5, 0.6) is 0 Å². The van der Waals surface area contributed by atoms with E-state index >= 15 is 0 Å². The number of hydrogen-bond donors (Lipinski definition) is 0. The van der Waals surface area contributed by atoms with Crippen LogP contribution in [-0.2, 0) is 6.54 Å². The van der Waals surface area contributed by atoms with Gasteiger partial charge in [-0.3, -0.25) is 4.79 Å². The summed E-state index contributed by atoms with van der Waals surface area (Å²) in [4.78, 5) is 11.5. The lowest BCUT2D eigenvalue weighted by atomic mass is 10.2. The molecule has 0 aliphatic carbocycles. The Morgan fingerprint density at radius 3 is 3.00 bits per heavy atom. The first-order chi connectivity index (χ1) is 6.20. The topological polar surface area (TPSA) is 45.8 Å². The molecule has 0 aliphatic rings. The van der Waals surface area contributed by atoms with Gasteiger partial charge in [-0.2, -0.15) is 5.26 Å². The third-order valence-corrected chi connectivity index (χ3v) is 1.81. The maximum absolute atomic E-state index is 11.5. The Kier molecular flexibility index (Phi) is 2.65. The maximum atomic E-state index is 11.5. The Hall–Kier alpha value is -1.82. The van der Waals surface area contributed by atoms with E-state index in [2.05, 4.69) is 6.58 Å². The fourth-order valence-corrected chi connectivity index (χ4v) is 1.08. The highest BCUT2D eigenvalue weighted by Gasteiger charge is 2.04. The minimum Gasteiger partial charge on any atom is -0.311 e. The summed E-state index contributed by atoms with van der Waals surface area (Å²) in [5, 5.41) is 8.70. The van der Waals surface area contributed by atoms with Crippen molar-refractivity contribution in [2.75, 3.05) is 0 Å². The van der Waals surface area contributed by atoms with Crippen molar-refractivity contribution in [2.45, 2.75) is 13.5 Å². The maximum Gasteiger partial charge on any atom is 0.269 e. The quantitative estimate of drug-likeness (QED) is 0.633. The smallest absolute Gasteiger partial charge is 0.269 e. The Morgan fingerprint density at radius 2 is 2.46 bits per heavy atom. The van der Waals surface area contributed by atoms with Crippen LogP contribution in [0, 0.1) is 18.3 Å². The van der Waals surface area contributed by atoms with E-state index in [0.29, 0.717) is 12.1 Å². The summed E-state index contributed by atoms with van der Waals surface area (Å²) < 4.78 is 1.46. The van der Waals surface area contributed by atoms with E-state index in [1.165, 1.54) is 4.57 Å². The molecule has 3 heteroatoms. The van der Waals surface area contributed by atoms with Gasteiger partial charge in [-0.05, 0) is 18.6 Å². The minimum atomic E-state index is -0.248. The van der Waals surface area contributed by atoms with Gasteiger partial charge in [0.15, 0.2) is 0 Å². The van der Waals surface area contributed by atoms with E-state index in [-0.39, 0.29) is 11.1 Å². The van der Waals surface area contributed by atoms with E-state index in [9.17, 15) is 4.79 Å². The van der Waals surface area contributed by atoms with Gasteiger partial charge in [-0.1, -0.05) is 6.08 Å². The summed E-state index contributed by atoms with van der Waals surface area (Å²) >= 11 is 0. The van der Waals surface area contributed by atoms with Crippen molar-refractivity contribution in [1.29, 1.82) is 5.26 Å². The molecule has 0 aliphatic heterocycles. The molecule has 0 spiro atoms. The fraction of sp³-hybridized carbons (Fsp3) is 0.200. The van der Waals surface area contributed by atoms with Gasteiger partial charge in [0.1, 0.15) is 11.6 Å². The van der Waals surface area contributed by atoms with Gasteiger partial charge in [0.2, 0.25) is 0 Å². The summed E-state index contributed by atoms with van der Waals surface area (Å²) in [5.74, 6) is 0. The predicted molar refractivity (Wildman–Crippen MR) is 50.4 cm³/mol. The second-order valence-corrected chi connectivity index (χ2v) is 2.73. The van der Waals surface area contributed by atoms with Crippen molar-refractivity contribution in [1.82, 2.24) is 4.57 Å². The van der Waals surface area contributed by atoms with Crippen molar-refractivity contribution in [2.24, 2.45) is 0 Å². The standard InChI is InChI=1S/C10H10N2O/c1-3-5-12-6-4-8(2)9(7-11)10(12)13/h3-4,6H,1,5H2,2H3. The SMILES string of the molecule is C=CCn1ccc(C)c(C#N)c1=O. The lowest BCUT2D eigenvalue weighted by molar-refractivity contribution is 0.774. The van der Waals surface area contributed by atoms with E-state index in [1.807, 2.05) is 6.07 Å². The molecule has 1 aromatic rings. The molecule has 0 N–H and O–H groups in total. The number of nitrogens with zero attached hydrogens (tertiary/aromatic N) is 2. The zero-order chi connectivity index (χ0) is 9.84. The molecule has 66 valence electrons. The third kappa shape index (κ3) is 1.67. The van der Waals surface area contributed by atoms with Crippen molar-refractivity contribution < 1.29 is 0 Å². The van der Waals surface area contributed by atoms with Gasteiger partial charge in [0.05, 0.1) is 0 Å². The molecular weight excluding hydrogens is 164 g/mol. The van der Waals surface area contributed by atoms with Crippen molar-refractivity contribution in [3.8, 4) is 6.07 Å². The average molecular weight is 174 g/mol. The molecule has 1 rings (SSSR count). The van der Waals surface area contributed by atoms with Crippen molar-refractivity contribution >= 4 is 0 Å². The Bertz CT molecular complexity index is 424. The van der Waals surface area contributed by atoms with Crippen LogP contribution in [0.2, 0.25) is 0 Å². The molecule has 0 aromatic carbocycles. The monoisotopic (exact) mass is 174 g/mol.